The zero-order chi connectivity index (χ0) is 9.80. The Kier molecular flexibility index (Phi) is 3.16. The topological polar surface area (TPSA) is 57.9 Å². The van der Waals surface area contributed by atoms with Gasteiger partial charge in [0.15, 0.2) is 0 Å². The molecule has 4 heteroatoms. The van der Waals surface area contributed by atoms with Crippen molar-refractivity contribution in [2.75, 3.05) is 13.1 Å². The molecule has 1 aromatic rings. The number of nitrogens with one attached hydrogen (secondary N) is 1. The summed E-state index contributed by atoms with van der Waals surface area (Å²) >= 11 is 0. The maximum atomic E-state index is 5.76. The smallest absolute Gasteiger partial charge is 0.0492 e. The summed E-state index contributed by atoms with van der Waals surface area (Å²) in [4.78, 5) is 2.46. The molecule has 3 N–H and O–H groups in total. The summed E-state index contributed by atoms with van der Waals surface area (Å²) in [7, 11) is 0. The quantitative estimate of drug-likeness (QED) is 0.745. The van der Waals surface area contributed by atoms with Crippen molar-refractivity contribution in [2.45, 2.75) is 31.8 Å². The zero-order valence-corrected chi connectivity index (χ0v) is 8.45. The number of rotatable bonds is 3. The minimum Gasteiger partial charge on any atom is -0.329 e. The van der Waals surface area contributed by atoms with Gasteiger partial charge in [-0.2, -0.15) is 5.10 Å². The van der Waals surface area contributed by atoms with Crippen LogP contribution in [0.3, 0.4) is 0 Å². The fraction of sp³-hybridized carbons (Fsp3) is 0.700. The fourth-order valence-electron chi connectivity index (χ4n) is 2.13. The second-order valence-electron chi connectivity index (χ2n) is 3.94. The highest BCUT2D eigenvalue weighted by Gasteiger charge is 2.20. The van der Waals surface area contributed by atoms with Crippen LogP contribution in [0, 0.1) is 0 Å². The van der Waals surface area contributed by atoms with Gasteiger partial charge in [-0.25, -0.2) is 0 Å². The minimum absolute atomic E-state index is 0.562. The molecule has 1 aromatic heterocycles. The average molecular weight is 194 g/mol. The van der Waals surface area contributed by atoms with Crippen LogP contribution in [0.1, 0.15) is 25.0 Å². The Morgan fingerprint density at radius 2 is 2.50 bits per heavy atom. The summed E-state index contributed by atoms with van der Waals surface area (Å²) in [5, 5.41) is 6.95. The number of H-pyrrole nitrogens is 1. The fourth-order valence-corrected chi connectivity index (χ4v) is 2.13. The molecule has 0 unspecified atom stereocenters. The van der Waals surface area contributed by atoms with E-state index in [1.165, 1.54) is 31.5 Å². The van der Waals surface area contributed by atoms with Crippen LogP contribution < -0.4 is 5.73 Å². The number of hydrogen-bond acceptors (Lipinski definition) is 3. The van der Waals surface area contributed by atoms with Crippen molar-refractivity contribution >= 4 is 0 Å². The van der Waals surface area contributed by atoms with E-state index in [9.17, 15) is 0 Å². The van der Waals surface area contributed by atoms with Crippen LogP contribution in [0.15, 0.2) is 12.3 Å². The largest absolute Gasteiger partial charge is 0.329 e. The third-order valence-electron chi connectivity index (χ3n) is 2.95. The molecular formula is C10H18N4. The summed E-state index contributed by atoms with van der Waals surface area (Å²) in [6.45, 7) is 2.90. The third kappa shape index (κ3) is 2.13. The Morgan fingerprint density at radius 1 is 1.57 bits per heavy atom. The first-order chi connectivity index (χ1) is 6.90. The van der Waals surface area contributed by atoms with Crippen molar-refractivity contribution in [1.29, 1.82) is 0 Å². The van der Waals surface area contributed by atoms with Crippen molar-refractivity contribution in [2.24, 2.45) is 5.73 Å². The molecule has 0 amide bonds. The van der Waals surface area contributed by atoms with Gasteiger partial charge in [-0.1, -0.05) is 6.42 Å². The van der Waals surface area contributed by atoms with E-state index in [2.05, 4.69) is 15.1 Å². The molecule has 0 saturated carbocycles. The number of nitrogens with zero attached hydrogens (tertiary/aromatic N) is 2. The monoisotopic (exact) mass is 194 g/mol. The van der Waals surface area contributed by atoms with Crippen molar-refractivity contribution in [3.8, 4) is 0 Å². The summed E-state index contributed by atoms with van der Waals surface area (Å²) in [5.74, 6) is 0. The molecule has 0 aromatic carbocycles. The molecule has 1 saturated heterocycles. The van der Waals surface area contributed by atoms with Gasteiger partial charge in [0.05, 0.1) is 0 Å². The molecule has 1 aliphatic rings. The number of aromatic amines is 1. The van der Waals surface area contributed by atoms with E-state index in [1.54, 1.807) is 6.20 Å². The number of piperidine rings is 1. The van der Waals surface area contributed by atoms with Crippen molar-refractivity contribution < 1.29 is 0 Å². The predicted molar refractivity (Wildman–Crippen MR) is 55.7 cm³/mol. The van der Waals surface area contributed by atoms with Crippen LogP contribution in [0.2, 0.25) is 0 Å². The SMILES string of the molecule is NC[C@H]1CCCCN1Cc1ccn[nH]1. The second kappa shape index (κ2) is 4.57. The van der Waals surface area contributed by atoms with Crippen LogP contribution in [-0.4, -0.2) is 34.2 Å². The van der Waals surface area contributed by atoms with Crippen LogP contribution in [0.4, 0.5) is 0 Å². The highest BCUT2D eigenvalue weighted by Crippen LogP contribution is 2.17. The maximum absolute atomic E-state index is 5.76. The summed E-state index contributed by atoms with van der Waals surface area (Å²) in [5.41, 5.74) is 6.94. The molecule has 78 valence electrons. The van der Waals surface area contributed by atoms with E-state index in [-0.39, 0.29) is 0 Å². The molecule has 1 atom stereocenters. The highest BCUT2D eigenvalue weighted by molar-refractivity contribution is 4.98. The van der Waals surface area contributed by atoms with E-state index in [4.69, 9.17) is 5.73 Å². The first kappa shape index (κ1) is 9.68. The van der Waals surface area contributed by atoms with Gasteiger partial charge >= 0.3 is 0 Å². The van der Waals surface area contributed by atoms with Crippen molar-refractivity contribution in [1.82, 2.24) is 15.1 Å². The molecule has 0 bridgehead atoms. The van der Waals surface area contributed by atoms with E-state index in [0.717, 1.165) is 13.1 Å². The van der Waals surface area contributed by atoms with Gasteiger partial charge in [0.25, 0.3) is 0 Å². The van der Waals surface area contributed by atoms with Crippen LogP contribution in [-0.2, 0) is 6.54 Å². The van der Waals surface area contributed by atoms with Gasteiger partial charge in [0.2, 0.25) is 0 Å². The standard InChI is InChI=1S/C10H18N4/c11-7-10-3-1-2-6-14(10)8-9-4-5-12-13-9/h4-5,10H,1-3,6-8,11H2,(H,12,13)/t10-/m1/s1. The Balaban J connectivity index is 1.94. The van der Waals surface area contributed by atoms with E-state index >= 15 is 0 Å². The van der Waals surface area contributed by atoms with Gasteiger partial charge in [-0.3, -0.25) is 10.00 Å². The lowest BCUT2D eigenvalue weighted by Gasteiger charge is -2.34. The second-order valence-corrected chi connectivity index (χ2v) is 3.94. The van der Waals surface area contributed by atoms with Crippen LogP contribution >= 0.6 is 0 Å². The number of aromatic nitrogens is 2. The molecular weight excluding hydrogens is 176 g/mol. The molecule has 1 aliphatic heterocycles. The van der Waals surface area contributed by atoms with Gasteiger partial charge in [-0.15, -0.1) is 0 Å². The number of hydrogen-bond donors (Lipinski definition) is 2. The molecule has 4 nitrogen and oxygen atoms in total. The first-order valence-electron chi connectivity index (χ1n) is 5.32. The van der Waals surface area contributed by atoms with Crippen molar-refractivity contribution in [3.63, 3.8) is 0 Å². The van der Waals surface area contributed by atoms with E-state index < -0.39 is 0 Å². The highest BCUT2D eigenvalue weighted by atomic mass is 15.2. The minimum atomic E-state index is 0.562. The van der Waals surface area contributed by atoms with Gasteiger partial charge in [-0.05, 0) is 25.5 Å². The molecule has 2 rings (SSSR count). The Hall–Kier alpha value is -0.870. The van der Waals surface area contributed by atoms with Gasteiger partial charge in [0, 0.05) is 31.0 Å². The Bertz CT molecular complexity index is 257. The number of likely N-dealkylation sites (tertiary alicyclic amines) is 1. The summed E-state index contributed by atoms with van der Waals surface area (Å²) < 4.78 is 0. The van der Waals surface area contributed by atoms with Gasteiger partial charge in [0.1, 0.15) is 0 Å². The molecule has 0 aliphatic carbocycles. The third-order valence-corrected chi connectivity index (χ3v) is 2.95. The Morgan fingerprint density at radius 3 is 3.21 bits per heavy atom. The van der Waals surface area contributed by atoms with E-state index in [1.807, 2.05) is 6.07 Å². The lowest BCUT2D eigenvalue weighted by molar-refractivity contribution is 0.143. The zero-order valence-electron chi connectivity index (χ0n) is 8.45. The molecule has 14 heavy (non-hydrogen) atoms. The molecule has 2 heterocycles. The van der Waals surface area contributed by atoms with Crippen molar-refractivity contribution in [3.05, 3.63) is 18.0 Å². The van der Waals surface area contributed by atoms with E-state index in [0.29, 0.717) is 6.04 Å². The summed E-state index contributed by atoms with van der Waals surface area (Å²) in [6, 6.07) is 2.59. The average Bonchev–Trinajstić information content (AvgIpc) is 2.71. The van der Waals surface area contributed by atoms with Crippen LogP contribution in [0.5, 0.6) is 0 Å². The molecule has 0 radical (unpaired) electrons. The predicted octanol–water partition coefficient (Wildman–Crippen LogP) is 0.723. The Labute approximate surface area is 84.5 Å². The maximum Gasteiger partial charge on any atom is 0.0492 e. The first-order valence-corrected chi connectivity index (χ1v) is 5.32. The lowest BCUT2D eigenvalue weighted by atomic mass is 10.0. The molecule has 1 fully saturated rings. The summed E-state index contributed by atoms with van der Waals surface area (Å²) in [6.07, 6.45) is 5.66. The van der Waals surface area contributed by atoms with Crippen LogP contribution in [0.25, 0.3) is 0 Å². The number of nitrogens with two attached hydrogens (primary N) is 1. The van der Waals surface area contributed by atoms with Gasteiger partial charge < -0.3 is 5.73 Å². The normalized spacial score (nSPS) is 23.9. The molecule has 0 spiro atoms. The lowest BCUT2D eigenvalue weighted by Crippen LogP contribution is -2.43.